The molecule has 0 saturated heterocycles. The molecule has 2 heteroatoms. The van der Waals surface area contributed by atoms with E-state index in [1.165, 1.54) is 55.6 Å². The van der Waals surface area contributed by atoms with Crippen molar-refractivity contribution in [3.8, 4) is 55.9 Å². The molecule has 1 spiro atoms. The highest BCUT2D eigenvalue weighted by atomic mass is 14.9. The van der Waals surface area contributed by atoms with Crippen LogP contribution in [0.2, 0.25) is 0 Å². The molecule has 7 aromatic rings. The number of hydrogen-bond acceptors (Lipinski definition) is 2. The number of aromatic nitrogens is 2. The summed E-state index contributed by atoms with van der Waals surface area (Å²) in [5, 5.41) is 0. The zero-order chi connectivity index (χ0) is 28.4. The molecule has 2 aliphatic rings. The minimum Gasteiger partial charge on any atom is -0.236 e. The molecule has 0 radical (unpaired) electrons. The molecule has 0 fully saturated rings. The highest BCUT2D eigenvalue weighted by Crippen LogP contribution is 2.61. The lowest BCUT2D eigenvalue weighted by atomic mass is 9.65. The van der Waals surface area contributed by atoms with Gasteiger partial charge in [-0.1, -0.05) is 140 Å². The van der Waals surface area contributed by atoms with E-state index in [1.807, 2.05) is 42.7 Å². The largest absolute Gasteiger partial charge is 0.236 e. The Morgan fingerprint density at radius 3 is 1.33 bits per heavy atom. The average Bonchev–Trinajstić information content (AvgIpc) is 3.34. The fourth-order valence-electron chi connectivity index (χ4n) is 7.44. The highest BCUT2D eigenvalue weighted by molar-refractivity contribution is 5.97. The SMILES string of the molecule is c1ccc(-c2ncc(-c3ccc4c(c3)C3(c5ccccc5-c5ccccc5-4)c4ccccc4-c4ccccc43)cn2)cc1. The van der Waals surface area contributed by atoms with Crippen molar-refractivity contribution < 1.29 is 0 Å². The van der Waals surface area contributed by atoms with Crippen LogP contribution in [0.1, 0.15) is 22.3 Å². The van der Waals surface area contributed by atoms with Gasteiger partial charge < -0.3 is 0 Å². The maximum absolute atomic E-state index is 4.78. The Kier molecular flexibility index (Phi) is 5.15. The Bertz CT molecular complexity index is 2130. The molecule has 0 atom stereocenters. The molecular formula is C41H26N2. The van der Waals surface area contributed by atoms with Crippen LogP contribution in [0.15, 0.2) is 158 Å². The Labute approximate surface area is 251 Å². The summed E-state index contributed by atoms with van der Waals surface area (Å²) in [7, 11) is 0. The Hall–Kier alpha value is -5.60. The summed E-state index contributed by atoms with van der Waals surface area (Å²) in [5.41, 5.74) is 15.5. The van der Waals surface area contributed by atoms with Gasteiger partial charge in [0.05, 0.1) is 5.41 Å². The summed E-state index contributed by atoms with van der Waals surface area (Å²) in [6.07, 6.45) is 3.91. The zero-order valence-corrected chi connectivity index (χ0v) is 23.4. The van der Waals surface area contributed by atoms with Crippen LogP contribution < -0.4 is 0 Å². The predicted molar refractivity (Wildman–Crippen MR) is 175 cm³/mol. The topological polar surface area (TPSA) is 25.8 Å². The average molecular weight is 547 g/mol. The highest BCUT2D eigenvalue weighted by Gasteiger charge is 2.49. The lowest BCUT2D eigenvalue weighted by Gasteiger charge is -2.35. The summed E-state index contributed by atoms with van der Waals surface area (Å²) in [4.78, 5) is 9.56. The first-order valence-electron chi connectivity index (χ1n) is 14.7. The molecule has 0 bridgehead atoms. The van der Waals surface area contributed by atoms with E-state index in [0.29, 0.717) is 0 Å². The molecule has 1 aromatic heterocycles. The molecule has 1 heterocycles. The van der Waals surface area contributed by atoms with Crippen molar-refractivity contribution in [2.75, 3.05) is 0 Å². The monoisotopic (exact) mass is 546 g/mol. The van der Waals surface area contributed by atoms with Gasteiger partial charge in [0.15, 0.2) is 5.82 Å². The summed E-state index contributed by atoms with van der Waals surface area (Å²) in [6, 6.07) is 52.9. The third-order valence-electron chi connectivity index (χ3n) is 9.23. The molecule has 0 N–H and O–H groups in total. The van der Waals surface area contributed by atoms with Crippen molar-refractivity contribution in [3.63, 3.8) is 0 Å². The quantitative estimate of drug-likeness (QED) is 0.216. The lowest BCUT2D eigenvalue weighted by Crippen LogP contribution is -2.29. The van der Waals surface area contributed by atoms with Crippen molar-refractivity contribution in [3.05, 3.63) is 180 Å². The van der Waals surface area contributed by atoms with E-state index in [1.54, 1.807) is 0 Å². The van der Waals surface area contributed by atoms with Gasteiger partial charge in [0.1, 0.15) is 0 Å². The van der Waals surface area contributed by atoms with Crippen molar-refractivity contribution >= 4 is 0 Å². The van der Waals surface area contributed by atoms with Crippen molar-refractivity contribution in [2.24, 2.45) is 0 Å². The fraction of sp³-hybridized carbons (Fsp3) is 0.0244. The second-order valence-electron chi connectivity index (χ2n) is 11.4. The summed E-state index contributed by atoms with van der Waals surface area (Å²) in [6.45, 7) is 0. The summed E-state index contributed by atoms with van der Waals surface area (Å²) >= 11 is 0. The molecule has 0 unspecified atom stereocenters. The Balaban J connectivity index is 1.37. The Morgan fingerprint density at radius 1 is 0.326 bits per heavy atom. The second-order valence-corrected chi connectivity index (χ2v) is 11.4. The van der Waals surface area contributed by atoms with Crippen LogP contribution in [0.3, 0.4) is 0 Å². The van der Waals surface area contributed by atoms with Gasteiger partial charge in [-0.3, -0.25) is 0 Å². The fourth-order valence-corrected chi connectivity index (χ4v) is 7.44. The first kappa shape index (κ1) is 24.0. The first-order chi connectivity index (χ1) is 21.3. The van der Waals surface area contributed by atoms with E-state index in [4.69, 9.17) is 9.97 Å². The molecule has 0 saturated carbocycles. The number of benzene rings is 6. The smallest absolute Gasteiger partial charge is 0.159 e. The minimum atomic E-state index is -0.487. The molecule has 0 aliphatic heterocycles. The lowest BCUT2D eigenvalue weighted by molar-refractivity contribution is 0.775. The van der Waals surface area contributed by atoms with Gasteiger partial charge in [0, 0.05) is 23.5 Å². The van der Waals surface area contributed by atoms with E-state index >= 15 is 0 Å². The van der Waals surface area contributed by atoms with E-state index in [2.05, 4.69) is 115 Å². The molecule has 200 valence electrons. The van der Waals surface area contributed by atoms with Crippen LogP contribution in [0, 0.1) is 0 Å². The van der Waals surface area contributed by atoms with E-state index in [9.17, 15) is 0 Å². The standard InChI is InChI=1S/C41H26N2/c1-2-12-27(13-3-1)40-42-25-29(26-43-40)28-22-23-35-31-15-5-4-14-30(31)32-16-6-9-19-36(32)41(39(35)24-28)37-20-10-7-17-33(37)34-18-8-11-21-38(34)41/h1-26H. The molecule has 0 amide bonds. The van der Waals surface area contributed by atoms with Gasteiger partial charge in [-0.05, 0) is 67.3 Å². The van der Waals surface area contributed by atoms with E-state index in [-0.39, 0.29) is 0 Å². The number of rotatable bonds is 2. The third-order valence-corrected chi connectivity index (χ3v) is 9.23. The molecule has 2 aliphatic carbocycles. The third kappa shape index (κ3) is 3.35. The molecule has 9 rings (SSSR count). The molecule has 2 nitrogen and oxygen atoms in total. The van der Waals surface area contributed by atoms with Gasteiger partial charge in [-0.25, -0.2) is 9.97 Å². The van der Waals surface area contributed by atoms with Crippen LogP contribution in [0.5, 0.6) is 0 Å². The van der Waals surface area contributed by atoms with Gasteiger partial charge in [-0.15, -0.1) is 0 Å². The molecule has 6 aromatic carbocycles. The second kappa shape index (κ2) is 9.20. The number of hydrogen-bond donors (Lipinski definition) is 0. The van der Waals surface area contributed by atoms with E-state index < -0.39 is 5.41 Å². The van der Waals surface area contributed by atoms with Gasteiger partial charge >= 0.3 is 0 Å². The normalized spacial score (nSPS) is 13.3. The maximum Gasteiger partial charge on any atom is 0.159 e. The molecular weight excluding hydrogens is 520 g/mol. The number of nitrogens with zero attached hydrogens (tertiary/aromatic N) is 2. The molecule has 43 heavy (non-hydrogen) atoms. The van der Waals surface area contributed by atoms with Crippen LogP contribution in [0.4, 0.5) is 0 Å². The maximum atomic E-state index is 4.78. The minimum absolute atomic E-state index is 0.487. The number of fused-ring (bicyclic) bond motifs is 12. The predicted octanol–water partition coefficient (Wildman–Crippen LogP) is 9.82. The summed E-state index contributed by atoms with van der Waals surface area (Å²) < 4.78 is 0. The van der Waals surface area contributed by atoms with E-state index in [0.717, 1.165) is 22.5 Å². The van der Waals surface area contributed by atoms with Crippen molar-refractivity contribution in [1.29, 1.82) is 0 Å². The van der Waals surface area contributed by atoms with Gasteiger partial charge in [0.2, 0.25) is 0 Å². The Morgan fingerprint density at radius 2 is 0.767 bits per heavy atom. The van der Waals surface area contributed by atoms with Crippen LogP contribution in [-0.4, -0.2) is 9.97 Å². The van der Waals surface area contributed by atoms with Gasteiger partial charge in [-0.2, -0.15) is 0 Å². The van der Waals surface area contributed by atoms with Crippen molar-refractivity contribution in [1.82, 2.24) is 9.97 Å². The van der Waals surface area contributed by atoms with Crippen molar-refractivity contribution in [2.45, 2.75) is 5.41 Å². The first-order valence-corrected chi connectivity index (χ1v) is 14.7. The van der Waals surface area contributed by atoms with Crippen LogP contribution in [0.25, 0.3) is 55.9 Å². The zero-order valence-electron chi connectivity index (χ0n) is 23.4. The van der Waals surface area contributed by atoms with Gasteiger partial charge in [0.25, 0.3) is 0 Å². The summed E-state index contributed by atoms with van der Waals surface area (Å²) in [5.74, 6) is 0.733. The van der Waals surface area contributed by atoms with Crippen LogP contribution in [-0.2, 0) is 5.41 Å². The van der Waals surface area contributed by atoms with Crippen LogP contribution >= 0.6 is 0 Å².